The summed E-state index contributed by atoms with van der Waals surface area (Å²) >= 11 is 0. The van der Waals surface area contributed by atoms with Crippen LogP contribution in [0.4, 0.5) is 0 Å². The monoisotopic (exact) mass is 364 g/mol. The number of aliphatic hydroxyl groups is 1. The second kappa shape index (κ2) is 6.77. The summed E-state index contributed by atoms with van der Waals surface area (Å²) in [6.07, 6.45) is 10.4. The van der Waals surface area contributed by atoms with E-state index in [-0.39, 0.29) is 17.5 Å². The largest absolute Gasteiger partial charge is 0.465 e. The van der Waals surface area contributed by atoms with Crippen LogP contribution in [0.2, 0.25) is 0 Å². The van der Waals surface area contributed by atoms with Gasteiger partial charge >= 0.3 is 5.97 Å². The molecule has 0 radical (unpaired) electrons. The van der Waals surface area contributed by atoms with Crippen LogP contribution in [-0.2, 0) is 14.3 Å². The van der Waals surface area contributed by atoms with E-state index in [0.29, 0.717) is 30.0 Å². The number of hydrogen-bond donors (Lipinski definition) is 1. The molecule has 0 aromatic heterocycles. The first-order chi connectivity index (χ1) is 12.4. The number of esters is 1. The molecule has 4 saturated carbocycles. The molecule has 4 rings (SSSR count). The van der Waals surface area contributed by atoms with Gasteiger partial charge in [0.15, 0.2) is 0 Å². The average Bonchev–Trinajstić information content (AvgIpc) is 2.96. The van der Waals surface area contributed by atoms with E-state index in [4.69, 9.17) is 9.47 Å². The molecule has 4 nitrogen and oxygen atoms in total. The molecule has 0 bridgehead atoms. The number of fused-ring (bicyclic) bond motifs is 5. The van der Waals surface area contributed by atoms with E-state index >= 15 is 0 Å². The molecule has 4 fully saturated rings. The molecule has 0 unspecified atom stereocenters. The van der Waals surface area contributed by atoms with Crippen LogP contribution in [0.15, 0.2) is 0 Å². The van der Waals surface area contributed by atoms with Gasteiger partial charge < -0.3 is 14.6 Å². The highest BCUT2D eigenvalue weighted by Crippen LogP contribution is 2.66. The third kappa shape index (κ3) is 2.74. The third-order valence-electron chi connectivity index (χ3n) is 9.08. The lowest BCUT2D eigenvalue weighted by Gasteiger charge is -2.61. The molecule has 0 saturated heterocycles. The van der Waals surface area contributed by atoms with Crippen molar-refractivity contribution in [1.29, 1.82) is 0 Å². The number of carbonyl (C=O) groups is 1. The Morgan fingerprint density at radius 3 is 2.62 bits per heavy atom. The summed E-state index contributed by atoms with van der Waals surface area (Å²) in [4.78, 5) is 11.6. The molecular formula is C22H36O4. The van der Waals surface area contributed by atoms with Gasteiger partial charge in [-0.1, -0.05) is 6.92 Å². The lowest BCUT2D eigenvalue weighted by molar-refractivity contribution is -0.177. The van der Waals surface area contributed by atoms with Crippen LogP contribution in [0.1, 0.15) is 71.6 Å². The predicted octanol–water partition coefficient (Wildman–Crippen LogP) is 3.95. The van der Waals surface area contributed by atoms with E-state index in [2.05, 4.69) is 6.92 Å². The fourth-order valence-corrected chi connectivity index (χ4v) is 7.88. The second-order valence-corrected chi connectivity index (χ2v) is 9.94. The van der Waals surface area contributed by atoms with Crippen molar-refractivity contribution in [2.45, 2.75) is 83.8 Å². The third-order valence-corrected chi connectivity index (χ3v) is 9.08. The zero-order valence-corrected chi connectivity index (χ0v) is 16.7. The minimum absolute atomic E-state index is 0.0975. The van der Waals surface area contributed by atoms with E-state index in [1.165, 1.54) is 45.4 Å². The average molecular weight is 365 g/mol. The minimum atomic E-state index is -0.166. The summed E-state index contributed by atoms with van der Waals surface area (Å²) in [5.41, 5.74) is 0.417. The van der Waals surface area contributed by atoms with Crippen molar-refractivity contribution in [2.75, 3.05) is 13.7 Å². The topological polar surface area (TPSA) is 55.8 Å². The maximum Gasteiger partial charge on any atom is 0.302 e. The smallest absolute Gasteiger partial charge is 0.302 e. The van der Waals surface area contributed by atoms with Gasteiger partial charge in [0.05, 0.1) is 18.8 Å². The summed E-state index contributed by atoms with van der Waals surface area (Å²) in [5.74, 6) is 2.47. The minimum Gasteiger partial charge on any atom is -0.465 e. The Balaban J connectivity index is 1.63. The molecule has 0 aromatic rings. The highest BCUT2D eigenvalue weighted by molar-refractivity contribution is 5.65. The molecule has 148 valence electrons. The first kappa shape index (κ1) is 18.7. The summed E-state index contributed by atoms with van der Waals surface area (Å²) in [5, 5.41) is 10.3. The second-order valence-electron chi connectivity index (χ2n) is 9.94. The van der Waals surface area contributed by atoms with Crippen molar-refractivity contribution in [1.82, 2.24) is 0 Å². The number of carbonyl (C=O) groups excluding carboxylic acids is 1. The van der Waals surface area contributed by atoms with Crippen molar-refractivity contribution in [3.05, 3.63) is 0 Å². The van der Waals surface area contributed by atoms with Crippen molar-refractivity contribution in [3.8, 4) is 0 Å². The Morgan fingerprint density at radius 1 is 1.08 bits per heavy atom. The Kier molecular flexibility index (Phi) is 4.88. The van der Waals surface area contributed by atoms with Gasteiger partial charge in [-0.25, -0.2) is 0 Å². The summed E-state index contributed by atoms with van der Waals surface area (Å²) < 4.78 is 11.5. The Bertz CT molecular complexity index is 548. The van der Waals surface area contributed by atoms with Crippen molar-refractivity contribution < 1.29 is 19.4 Å². The van der Waals surface area contributed by atoms with Gasteiger partial charge in [-0.3, -0.25) is 4.79 Å². The summed E-state index contributed by atoms with van der Waals surface area (Å²) in [6.45, 7) is 4.56. The van der Waals surface area contributed by atoms with Gasteiger partial charge in [-0.15, -0.1) is 0 Å². The van der Waals surface area contributed by atoms with E-state index in [1.54, 1.807) is 0 Å². The van der Waals surface area contributed by atoms with Gasteiger partial charge in [0.2, 0.25) is 0 Å². The standard InChI is InChI=1S/C22H36O4/c1-14(23)26-13-22-11-8-16(24)12-15(22)4-5-17-18-6-7-20(25-3)21(18,2)10-9-19(17)22/h15-20,24H,4-13H2,1-3H3/t15-,16-,17-,18-,19-,20-,21-,22+/m0/s1. The van der Waals surface area contributed by atoms with E-state index in [1.807, 2.05) is 7.11 Å². The van der Waals surface area contributed by atoms with Crippen LogP contribution < -0.4 is 0 Å². The number of hydrogen-bond acceptors (Lipinski definition) is 4. The fourth-order valence-electron chi connectivity index (χ4n) is 7.88. The number of aliphatic hydroxyl groups excluding tert-OH is 1. The Labute approximate surface area is 158 Å². The van der Waals surface area contributed by atoms with Gasteiger partial charge in [0.1, 0.15) is 0 Å². The molecule has 0 spiro atoms. The lowest BCUT2D eigenvalue weighted by atomic mass is 9.44. The highest BCUT2D eigenvalue weighted by Gasteiger charge is 2.62. The molecule has 0 heterocycles. The molecule has 4 heteroatoms. The number of methoxy groups -OCH3 is 1. The van der Waals surface area contributed by atoms with Crippen molar-refractivity contribution in [2.24, 2.45) is 34.5 Å². The predicted molar refractivity (Wildman–Crippen MR) is 99.5 cm³/mol. The quantitative estimate of drug-likeness (QED) is 0.771. The van der Waals surface area contributed by atoms with Gasteiger partial charge in [-0.2, -0.15) is 0 Å². The van der Waals surface area contributed by atoms with Crippen LogP contribution >= 0.6 is 0 Å². The van der Waals surface area contributed by atoms with E-state index < -0.39 is 0 Å². The molecule has 0 aliphatic heterocycles. The summed E-state index contributed by atoms with van der Waals surface area (Å²) in [7, 11) is 1.88. The zero-order chi connectivity index (χ0) is 18.5. The zero-order valence-electron chi connectivity index (χ0n) is 16.7. The fraction of sp³-hybridized carbons (Fsp3) is 0.955. The van der Waals surface area contributed by atoms with Crippen LogP contribution in [0, 0.1) is 34.5 Å². The number of rotatable bonds is 3. The Morgan fingerprint density at radius 2 is 1.88 bits per heavy atom. The molecule has 1 N–H and O–H groups in total. The van der Waals surface area contributed by atoms with Crippen LogP contribution in [0.3, 0.4) is 0 Å². The molecular weight excluding hydrogens is 328 g/mol. The molecule has 0 aromatic carbocycles. The summed E-state index contributed by atoms with van der Waals surface area (Å²) in [6, 6.07) is 0. The SMILES string of the molecule is CO[C@H]1CC[C@H]2[C@@H]3CC[C@H]4C[C@@H](O)CC[C@]4(COC(C)=O)[C@H]3CC[C@]12C. The molecule has 4 aliphatic carbocycles. The molecule has 0 amide bonds. The van der Waals surface area contributed by atoms with Crippen LogP contribution in [-0.4, -0.2) is 37.0 Å². The normalized spacial score (nSPS) is 50.5. The Hall–Kier alpha value is -0.610. The van der Waals surface area contributed by atoms with Gasteiger partial charge in [0, 0.05) is 19.4 Å². The molecule has 26 heavy (non-hydrogen) atoms. The highest BCUT2D eigenvalue weighted by atomic mass is 16.5. The van der Waals surface area contributed by atoms with E-state index in [9.17, 15) is 9.90 Å². The maximum absolute atomic E-state index is 11.6. The van der Waals surface area contributed by atoms with Crippen LogP contribution in [0.25, 0.3) is 0 Å². The van der Waals surface area contributed by atoms with Crippen molar-refractivity contribution in [3.63, 3.8) is 0 Å². The van der Waals surface area contributed by atoms with Gasteiger partial charge in [-0.05, 0) is 86.9 Å². The van der Waals surface area contributed by atoms with Crippen LogP contribution in [0.5, 0.6) is 0 Å². The molecule has 8 atom stereocenters. The first-order valence-corrected chi connectivity index (χ1v) is 10.7. The van der Waals surface area contributed by atoms with Crippen molar-refractivity contribution >= 4 is 5.97 Å². The van der Waals surface area contributed by atoms with Gasteiger partial charge in [0.25, 0.3) is 0 Å². The molecule has 4 aliphatic rings. The lowest BCUT2D eigenvalue weighted by Crippen LogP contribution is -2.57. The maximum atomic E-state index is 11.6. The first-order valence-electron chi connectivity index (χ1n) is 10.7. The van der Waals surface area contributed by atoms with E-state index in [0.717, 1.165) is 31.1 Å². The number of ether oxygens (including phenoxy) is 2.